The van der Waals surface area contributed by atoms with Gasteiger partial charge in [0.25, 0.3) is 0 Å². The van der Waals surface area contributed by atoms with Crippen molar-refractivity contribution in [3.8, 4) is 0 Å². The molecule has 0 saturated carbocycles. The number of fused-ring (bicyclic) bond motifs is 1. The van der Waals surface area contributed by atoms with E-state index in [0.29, 0.717) is 17.7 Å². The fraction of sp³-hybridized carbons (Fsp3) is 0.519. The van der Waals surface area contributed by atoms with Gasteiger partial charge in [-0.2, -0.15) is 11.8 Å². The molecule has 13 heteroatoms. The van der Waals surface area contributed by atoms with E-state index in [4.69, 9.17) is 10.8 Å². The summed E-state index contributed by atoms with van der Waals surface area (Å²) in [6.45, 7) is 3.78. The molecule has 0 aliphatic rings. The van der Waals surface area contributed by atoms with E-state index in [2.05, 4.69) is 20.9 Å². The zero-order valence-corrected chi connectivity index (χ0v) is 23.8. The molecule has 2 aromatic rings. The quantitative estimate of drug-likeness (QED) is 0.144. The molecule has 1 aromatic carbocycles. The summed E-state index contributed by atoms with van der Waals surface area (Å²) in [4.78, 5) is 65.3. The van der Waals surface area contributed by atoms with Crippen LogP contribution in [-0.2, 0) is 30.4 Å². The number of hydrogen-bond donors (Lipinski definition) is 7. The van der Waals surface area contributed by atoms with Crippen LogP contribution in [-0.4, -0.2) is 81.0 Å². The van der Waals surface area contributed by atoms with Gasteiger partial charge in [-0.25, -0.2) is 4.79 Å². The maximum absolute atomic E-state index is 13.2. The van der Waals surface area contributed by atoms with Crippen LogP contribution in [0.4, 0.5) is 0 Å². The zero-order chi connectivity index (χ0) is 29.8. The number of carboxylic acid groups (broad SMARTS) is 2. The molecular weight excluding hydrogens is 538 g/mol. The first-order valence-corrected chi connectivity index (χ1v) is 14.5. The number of para-hydroxylation sites is 1. The molecule has 1 heterocycles. The molecule has 2 rings (SSSR count). The van der Waals surface area contributed by atoms with Gasteiger partial charge in [0.15, 0.2) is 0 Å². The molecule has 40 heavy (non-hydrogen) atoms. The van der Waals surface area contributed by atoms with Crippen molar-refractivity contribution in [1.29, 1.82) is 0 Å². The molecular formula is C27H39N5O7S. The van der Waals surface area contributed by atoms with E-state index in [0.717, 1.165) is 10.9 Å². The van der Waals surface area contributed by atoms with Gasteiger partial charge in [-0.05, 0) is 48.8 Å². The van der Waals surface area contributed by atoms with Crippen LogP contribution in [0.15, 0.2) is 30.5 Å². The number of aromatic amines is 1. The fourth-order valence-corrected chi connectivity index (χ4v) is 4.67. The lowest BCUT2D eigenvalue weighted by atomic mass is 10.0. The predicted octanol–water partition coefficient (Wildman–Crippen LogP) is 1.24. The molecule has 0 spiro atoms. The van der Waals surface area contributed by atoms with Crippen molar-refractivity contribution in [3.63, 3.8) is 0 Å². The number of benzene rings is 1. The Morgan fingerprint density at radius 2 is 1.52 bits per heavy atom. The van der Waals surface area contributed by atoms with Crippen molar-refractivity contribution >= 4 is 52.3 Å². The monoisotopic (exact) mass is 577 g/mol. The average molecular weight is 578 g/mol. The van der Waals surface area contributed by atoms with Crippen LogP contribution < -0.4 is 21.7 Å². The van der Waals surface area contributed by atoms with E-state index < -0.39 is 60.2 Å². The third-order valence-corrected chi connectivity index (χ3v) is 6.94. The van der Waals surface area contributed by atoms with Gasteiger partial charge in [-0.3, -0.25) is 19.2 Å². The van der Waals surface area contributed by atoms with Gasteiger partial charge < -0.3 is 36.9 Å². The number of nitrogens with one attached hydrogen (secondary N) is 4. The first kappa shape index (κ1) is 32.6. The predicted molar refractivity (Wildman–Crippen MR) is 153 cm³/mol. The number of aromatic nitrogens is 1. The maximum Gasteiger partial charge on any atom is 0.326 e. The zero-order valence-electron chi connectivity index (χ0n) is 22.9. The molecule has 3 amide bonds. The smallest absolute Gasteiger partial charge is 0.326 e. The number of carboxylic acids is 2. The fourth-order valence-electron chi connectivity index (χ4n) is 4.20. The van der Waals surface area contributed by atoms with Crippen LogP contribution in [0, 0.1) is 5.92 Å². The van der Waals surface area contributed by atoms with Crippen LogP contribution in [0.2, 0.25) is 0 Å². The number of H-pyrrole nitrogens is 1. The van der Waals surface area contributed by atoms with E-state index in [-0.39, 0.29) is 25.2 Å². The van der Waals surface area contributed by atoms with Gasteiger partial charge in [-0.1, -0.05) is 32.0 Å². The molecule has 0 fully saturated rings. The minimum absolute atomic E-state index is 0.0132. The summed E-state index contributed by atoms with van der Waals surface area (Å²) in [6.07, 6.45) is 3.47. The second-order valence-electron chi connectivity index (χ2n) is 10.0. The van der Waals surface area contributed by atoms with Crippen LogP contribution in [0.1, 0.15) is 45.1 Å². The third kappa shape index (κ3) is 10.2. The Morgan fingerprint density at radius 1 is 0.925 bits per heavy atom. The van der Waals surface area contributed by atoms with E-state index in [1.54, 1.807) is 6.20 Å². The standard InChI is InChI=1S/C27H39N5O7S/c1-15(2)12-18(28)24(35)30-20(8-9-23(33)34)25(36)31-21(10-11-40-3)26(37)32-22(27(38)39)13-16-14-29-19-7-5-4-6-17(16)19/h4-7,14-15,18,20-22,29H,8-13,28H2,1-3H3,(H,30,35)(H,31,36)(H,32,37)(H,33,34)(H,38,39). The Labute approximate surface area is 237 Å². The molecule has 0 bridgehead atoms. The number of amides is 3. The molecule has 0 saturated heterocycles. The molecule has 0 radical (unpaired) electrons. The summed E-state index contributed by atoms with van der Waals surface area (Å²) in [7, 11) is 0. The lowest BCUT2D eigenvalue weighted by molar-refractivity contribution is -0.142. The first-order chi connectivity index (χ1) is 18.9. The Bertz CT molecular complexity index is 1180. The molecule has 4 unspecified atom stereocenters. The summed E-state index contributed by atoms with van der Waals surface area (Å²) < 4.78 is 0. The lowest BCUT2D eigenvalue weighted by Gasteiger charge is -2.25. The lowest BCUT2D eigenvalue weighted by Crippen LogP contribution is -2.57. The number of thioether (sulfide) groups is 1. The van der Waals surface area contributed by atoms with Gasteiger partial charge >= 0.3 is 11.9 Å². The molecule has 4 atom stereocenters. The van der Waals surface area contributed by atoms with Gasteiger partial charge in [0.1, 0.15) is 18.1 Å². The largest absolute Gasteiger partial charge is 0.481 e. The normalized spacial score (nSPS) is 14.2. The highest BCUT2D eigenvalue weighted by Gasteiger charge is 2.31. The first-order valence-electron chi connectivity index (χ1n) is 13.1. The van der Waals surface area contributed by atoms with Gasteiger partial charge in [0.2, 0.25) is 17.7 Å². The highest BCUT2D eigenvalue weighted by Crippen LogP contribution is 2.19. The summed E-state index contributed by atoms with van der Waals surface area (Å²) in [5.74, 6) is -3.85. The van der Waals surface area contributed by atoms with Crippen LogP contribution >= 0.6 is 11.8 Å². The number of aliphatic carboxylic acids is 2. The summed E-state index contributed by atoms with van der Waals surface area (Å²) in [6, 6.07) is 2.87. The Kier molecular flexibility index (Phi) is 12.9. The minimum Gasteiger partial charge on any atom is -0.481 e. The average Bonchev–Trinajstić information content (AvgIpc) is 3.30. The maximum atomic E-state index is 13.2. The molecule has 0 aliphatic heterocycles. The van der Waals surface area contributed by atoms with Gasteiger partial charge in [0, 0.05) is 29.9 Å². The Balaban J connectivity index is 2.17. The van der Waals surface area contributed by atoms with Gasteiger partial charge in [-0.15, -0.1) is 0 Å². The van der Waals surface area contributed by atoms with E-state index >= 15 is 0 Å². The van der Waals surface area contributed by atoms with Crippen molar-refractivity contribution in [2.45, 2.75) is 70.1 Å². The number of rotatable bonds is 17. The minimum atomic E-state index is -1.27. The Morgan fingerprint density at radius 3 is 2.12 bits per heavy atom. The summed E-state index contributed by atoms with van der Waals surface area (Å²) in [5.41, 5.74) is 7.47. The molecule has 12 nitrogen and oxygen atoms in total. The summed E-state index contributed by atoms with van der Waals surface area (Å²) in [5, 5.41) is 27.4. The van der Waals surface area contributed by atoms with Crippen LogP contribution in [0.5, 0.6) is 0 Å². The number of nitrogens with two attached hydrogens (primary N) is 1. The molecule has 220 valence electrons. The topological polar surface area (TPSA) is 204 Å². The Hall–Kier alpha value is -3.58. The van der Waals surface area contributed by atoms with Crippen molar-refractivity contribution in [2.24, 2.45) is 11.7 Å². The van der Waals surface area contributed by atoms with Crippen molar-refractivity contribution in [1.82, 2.24) is 20.9 Å². The van der Waals surface area contributed by atoms with E-state index in [1.807, 2.05) is 44.4 Å². The number of carbonyl (C=O) groups is 5. The number of carbonyl (C=O) groups excluding carboxylic acids is 3. The SMILES string of the molecule is CSCCC(NC(=O)C(CCC(=O)O)NC(=O)C(N)CC(C)C)C(=O)NC(Cc1c[nH]c2ccccc12)C(=O)O. The highest BCUT2D eigenvalue weighted by atomic mass is 32.2. The van der Waals surface area contributed by atoms with E-state index in [1.165, 1.54) is 11.8 Å². The van der Waals surface area contributed by atoms with Crippen LogP contribution in [0.25, 0.3) is 10.9 Å². The van der Waals surface area contributed by atoms with Crippen molar-refractivity contribution in [2.75, 3.05) is 12.0 Å². The third-order valence-electron chi connectivity index (χ3n) is 6.30. The van der Waals surface area contributed by atoms with Crippen LogP contribution in [0.3, 0.4) is 0 Å². The van der Waals surface area contributed by atoms with Crippen molar-refractivity contribution < 1.29 is 34.2 Å². The molecule has 8 N–H and O–H groups in total. The second-order valence-corrected chi connectivity index (χ2v) is 11.0. The summed E-state index contributed by atoms with van der Waals surface area (Å²) >= 11 is 1.43. The molecule has 0 aliphatic carbocycles. The van der Waals surface area contributed by atoms with Gasteiger partial charge in [0.05, 0.1) is 6.04 Å². The highest BCUT2D eigenvalue weighted by molar-refractivity contribution is 7.98. The van der Waals surface area contributed by atoms with E-state index in [9.17, 15) is 29.1 Å². The number of hydrogen-bond acceptors (Lipinski definition) is 7. The molecule has 1 aromatic heterocycles. The van der Waals surface area contributed by atoms with Crippen molar-refractivity contribution in [3.05, 3.63) is 36.0 Å². The second kappa shape index (κ2) is 15.9.